The Kier molecular flexibility index (Phi) is 13.5. The van der Waals surface area contributed by atoms with E-state index in [1.807, 2.05) is 41.5 Å². The summed E-state index contributed by atoms with van der Waals surface area (Å²) in [7, 11) is 0. The third-order valence-electron chi connectivity index (χ3n) is 2.34. The molecule has 130 valence electrons. The highest BCUT2D eigenvalue weighted by atomic mass is 16.2. The van der Waals surface area contributed by atoms with Crippen molar-refractivity contribution >= 4 is 17.7 Å². The molecule has 0 heterocycles. The molecule has 0 aromatic rings. The predicted octanol–water partition coefficient (Wildman–Crippen LogP) is 1.74. The van der Waals surface area contributed by atoms with Crippen LogP contribution >= 0.6 is 0 Å². The van der Waals surface area contributed by atoms with Crippen molar-refractivity contribution < 1.29 is 14.4 Å². The molecule has 0 radical (unpaired) electrons. The smallest absolute Gasteiger partial charge is 0.220 e. The van der Waals surface area contributed by atoms with Crippen LogP contribution in [0.25, 0.3) is 0 Å². The summed E-state index contributed by atoms with van der Waals surface area (Å²) in [5, 5.41) is 8.16. The summed E-state index contributed by atoms with van der Waals surface area (Å²) in [5.74, 6) is -0.325. The summed E-state index contributed by atoms with van der Waals surface area (Å²) < 4.78 is 0. The van der Waals surface area contributed by atoms with Crippen molar-refractivity contribution in [2.45, 2.75) is 72.8 Å². The zero-order valence-electron chi connectivity index (χ0n) is 15.0. The molecule has 0 aliphatic carbocycles. The molecular weight excluding hydrogens is 282 g/mol. The van der Waals surface area contributed by atoms with Crippen molar-refractivity contribution in [1.29, 1.82) is 0 Å². The molecule has 0 saturated heterocycles. The molecule has 0 spiro atoms. The second-order valence-corrected chi connectivity index (χ2v) is 5.75. The first-order chi connectivity index (χ1) is 10.2. The SMILES string of the molecule is CC.CCCC(=O)NCCNC(=O)CCC(=O)NC(C)(C)C. The number of hydrogen-bond donors (Lipinski definition) is 3. The molecule has 6 heteroatoms. The largest absolute Gasteiger partial charge is 0.354 e. The lowest BCUT2D eigenvalue weighted by Crippen LogP contribution is -2.41. The molecule has 3 N–H and O–H groups in total. The minimum atomic E-state index is -0.281. The molecule has 0 saturated carbocycles. The van der Waals surface area contributed by atoms with Gasteiger partial charge in [0.15, 0.2) is 0 Å². The average Bonchev–Trinajstić information content (AvgIpc) is 2.42. The Morgan fingerprint density at radius 3 is 1.59 bits per heavy atom. The van der Waals surface area contributed by atoms with E-state index in [1.165, 1.54) is 0 Å². The van der Waals surface area contributed by atoms with Crippen LogP contribution in [0.2, 0.25) is 0 Å². The number of amides is 3. The monoisotopic (exact) mass is 315 g/mol. The number of hydrogen-bond acceptors (Lipinski definition) is 3. The highest BCUT2D eigenvalue weighted by molar-refractivity contribution is 5.84. The van der Waals surface area contributed by atoms with E-state index >= 15 is 0 Å². The summed E-state index contributed by atoms with van der Waals surface area (Å²) in [6.45, 7) is 12.4. The highest BCUT2D eigenvalue weighted by Gasteiger charge is 2.14. The van der Waals surface area contributed by atoms with Crippen LogP contribution in [0.3, 0.4) is 0 Å². The third kappa shape index (κ3) is 16.5. The van der Waals surface area contributed by atoms with E-state index in [1.54, 1.807) is 0 Å². The van der Waals surface area contributed by atoms with Crippen LogP contribution in [0.15, 0.2) is 0 Å². The van der Waals surface area contributed by atoms with E-state index in [2.05, 4.69) is 16.0 Å². The Morgan fingerprint density at radius 2 is 1.18 bits per heavy atom. The summed E-state index contributed by atoms with van der Waals surface area (Å²) in [5.41, 5.74) is -0.281. The minimum absolute atomic E-state index is 0.00805. The van der Waals surface area contributed by atoms with Gasteiger partial charge in [0, 0.05) is 37.9 Å². The van der Waals surface area contributed by atoms with Gasteiger partial charge in [0.2, 0.25) is 17.7 Å². The van der Waals surface area contributed by atoms with Crippen molar-refractivity contribution in [3.8, 4) is 0 Å². The highest BCUT2D eigenvalue weighted by Crippen LogP contribution is 2.00. The van der Waals surface area contributed by atoms with Gasteiger partial charge in [0.25, 0.3) is 0 Å². The van der Waals surface area contributed by atoms with Crippen molar-refractivity contribution in [2.24, 2.45) is 0 Å². The Bertz CT molecular complexity index is 336. The van der Waals surface area contributed by atoms with E-state index in [4.69, 9.17) is 0 Å². The lowest BCUT2D eigenvalue weighted by Gasteiger charge is -2.20. The van der Waals surface area contributed by atoms with Crippen LogP contribution in [-0.4, -0.2) is 36.3 Å². The first-order valence-corrected chi connectivity index (χ1v) is 8.09. The number of nitrogens with one attached hydrogen (secondary N) is 3. The van der Waals surface area contributed by atoms with Crippen molar-refractivity contribution in [3.63, 3.8) is 0 Å². The van der Waals surface area contributed by atoms with Gasteiger partial charge in [-0.3, -0.25) is 14.4 Å². The minimum Gasteiger partial charge on any atom is -0.354 e. The van der Waals surface area contributed by atoms with Crippen LogP contribution in [0.5, 0.6) is 0 Å². The van der Waals surface area contributed by atoms with E-state index in [0.29, 0.717) is 19.5 Å². The van der Waals surface area contributed by atoms with Crippen LogP contribution in [0.1, 0.15) is 67.2 Å². The second-order valence-electron chi connectivity index (χ2n) is 5.75. The van der Waals surface area contributed by atoms with Gasteiger partial charge in [0.1, 0.15) is 0 Å². The van der Waals surface area contributed by atoms with Gasteiger partial charge in [-0.05, 0) is 27.2 Å². The van der Waals surface area contributed by atoms with E-state index in [9.17, 15) is 14.4 Å². The first kappa shape index (κ1) is 22.7. The molecule has 22 heavy (non-hydrogen) atoms. The topological polar surface area (TPSA) is 87.3 Å². The van der Waals surface area contributed by atoms with Gasteiger partial charge in [-0.25, -0.2) is 0 Å². The van der Waals surface area contributed by atoms with E-state index in [-0.39, 0.29) is 36.1 Å². The molecule has 0 unspecified atom stereocenters. The lowest BCUT2D eigenvalue weighted by molar-refractivity contribution is -0.127. The molecule has 0 atom stereocenters. The second kappa shape index (κ2) is 13.1. The van der Waals surface area contributed by atoms with Crippen LogP contribution in [0, 0.1) is 0 Å². The quantitative estimate of drug-likeness (QED) is 0.596. The van der Waals surface area contributed by atoms with Crippen molar-refractivity contribution in [2.75, 3.05) is 13.1 Å². The zero-order valence-corrected chi connectivity index (χ0v) is 15.0. The van der Waals surface area contributed by atoms with Crippen LogP contribution in [-0.2, 0) is 14.4 Å². The maximum absolute atomic E-state index is 11.5. The molecule has 0 aromatic carbocycles. The third-order valence-corrected chi connectivity index (χ3v) is 2.34. The molecule has 0 rings (SSSR count). The van der Waals surface area contributed by atoms with Gasteiger partial charge in [0.05, 0.1) is 0 Å². The Labute approximate surface area is 134 Å². The van der Waals surface area contributed by atoms with Gasteiger partial charge >= 0.3 is 0 Å². The number of carbonyl (C=O) groups excluding carboxylic acids is 3. The maximum atomic E-state index is 11.5. The summed E-state index contributed by atoms with van der Waals surface area (Å²) in [6.07, 6.45) is 1.64. The van der Waals surface area contributed by atoms with Gasteiger partial charge in [-0.1, -0.05) is 20.8 Å². The lowest BCUT2D eigenvalue weighted by atomic mass is 10.1. The standard InChI is InChI=1S/C14H27N3O3.C2H6/c1-5-6-11(18)15-9-10-16-12(19)7-8-13(20)17-14(2,3)4;1-2/h5-10H2,1-4H3,(H,15,18)(H,16,19)(H,17,20);1-2H3. The fourth-order valence-electron chi connectivity index (χ4n) is 1.52. The summed E-state index contributed by atoms with van der Waals surface area (Å²) >= 11 is 0. The Morgan fingerprint density at radius 1 is 0.773 bits per heavy atom. The molecule has 0 aliphatic rings. The fourth-order valence-corrected chi connectivity index (χ4v) is 1.52. The fraction of sp³-hybridized carbons (Fsp3) is 0.812. The van der Waals surface area contributed by atoms with E-state index < -0.39 is 0 Å². The van der Waals surface area contributed by atoms with Crippen LogP contribution < -0.4 is 16.0 Å². The summed E-state index contributed by atoms with van der Waals surface area (Å²) in [4.78, 5) is 34.1. The zero-order chi connectivity index (χ0) is 17.6. The number of rotatable bonds is 8. The molecule has 0 aromatic heterocycles. The average molecular weight is 315 g/mol. The van der Waals surface area contributed by atoms with Crippen molar-refractivity contribution in [1.82, 2.24) is 16.0 Å². The Balaban J connectivity index is 0. The molecule has 0 fully saturated rings. The van der Waals surface area contributed by atoms with Gasteiger partial charge in [-0.2, -0.15) is 0 Å². The summed E-state index contributed by atoms with van der Waals surface area (Å²) in [6, 6.07) is 0. The first-order valence-electron chi connectivity index (χ1n) is 8.09. The Hall–Kier alpha value is -1.59. The van der Waals surface area contributed by atoms with Gasteiger partial charge < -0.3 is 16.0 Å². The molecule has 6 nitrogen and oxygen atoms in total. The normalized spacial score (nSPS) is 10.1. The predicted molar refractivity (Wildman–Crippen MR) is 89.4 cm³/mol. The molecule has 0 bridgehead atoms. The maximum Gasteiger partial charge on any atom is 0.220 e. The number of carbonyl (C=O) groups is 3. The van der Waals surface area contributed by atoms with Crippen molar-refractivity contribution in [3.05, 3.63) is 0 Å². The van der Waals surface area contributed by atoms with E-state index in [0.717, 1.165) is 6.42 Å². The molecule has 0 aliphatic heterocycles. The molecule has 3 amide bonds. The van der Waals surface area contributed by atoms with Gasteiger partial charge in [-0.15, -0.1) is 0 Å². The molecular formula is C16H33N3O3. The van der Waals surface area contributed by atoms with Crippen LogP contribution in [0.4, 0.5) is 0 Å².